The summed E-state index contributed by atoms with van der Waals surface area (Å²) >= 11 is 1.79. The molecule has 0 aromatic carbocycles. The molecule has 0 aliphatic carbocycles. The van der Waals surface area contributed by atoms with E-state index in [9.17, 15) is 0 Å². The van der Waals surface area contributed by atoms with Crippen LogP contribution < -0.4 is 5.32 Å². The highest BCUT2D eigenvalue weighted by atomic mass is 32.1. The number of hydrogen-bond donors (Lipinski definition) is 1. The summed E-state index contributed by atoms with van der Waals surface area (Å²) in [6, 6.07) is 0.446. The van der Waals surface area contributed by atoms with Gasteiger partial charge in [0.05, 0.1) is 10.7 Å². The van der Waals surface area contributed by atoms with Gasteiger partial charge in [0.1, 0.15) is 0 Å². The molecule has 2 nitrogen and oxygen atoms in total. The van der Waals surface area contributed by atoms with Crippen LogP contribution in [0.3, 0.4) is 0 Å². The van der Waals surface area contributed by atoms with Gasteiger partial charge in [0, 0.05) is 10.9 Å². The van der Waals surface area contributed by atoms with Crippen LogP contribution in [0.25, 0.3) is 0 Å². The zero-order valence-corrected chi connectivity index (χ0v) is 8.96. The second-order valence-corrected chi connectivity index (χ2v) is 4.20. The standard InChI is InChI=1S/C9H16N2S/c1-5-10-6(2)9-7(3)11-8(4)12-9/h6,10H,5H2,1-4H3/t6-/m1/s1. The monoisotopic (exact) mass is 184 g/mol. The van der Waals surface area contributed by atoms with Crippen LogP contribution in [-0.2, 0) is 0 Å². The first-order chi connectivity index (χ1) is 5.65. The molecule has 0 aliphatic heterocycles. The summed E-state index contributed by atoms with van der Waals surface area (Å²) in [4.78, 5) is 5.76. The number of nitrogens with one attached hydrogen (secondary N) is 1. The van der Waals surface area contributed by atoms with E-state index in [-0.39, 0.29) is 0 Å². The molecule has 3 heteroatoms. The number of rotatable bonds is 3. The third-order valence-electron chi connectivity index (χ3n) is 1.84. The molecule has 68 valence electrons. The van der Waals surface area contributed by atoms with Crippen LogP contribution in [0.4, 0.5) is 0 Å². The van der Waals surface area contributed by atoms with Crippen molar-refractivity contribution >= 4 is 11.3 Å². The lowest BCUT2D eigenvalue weighted by Crippen LogP contribution is -2.17. The number of aromatic nitrogens is 1. The van der Waals surface area contributed by atoms with E-state index in [1.54, 1.807) is 11.3 Å². The second kappa shape index (κ2) is 4.01. The Hall–Kier alpha value is -0.410. The Labute approximate surface area is 78.0 Å². The van der Waals surface area contributed by atoms with E-state index >= 15 is 0 Å². The summed E-state index contributed by atoms with van der Waals surface area (Å²) in [6.45, 7) is 9.45. The molecule has 1 rings (SSSR count). The van der Waals surface area contributed by atoms with Crippen molar-refractivity contribution in [2.24, 2.45) is 0 Å². The van der Waals surface area contributed by atoms with Crippen molar-refractivity contribution in [3.05, 3.63) is 15.6 Å². The van der Waals surface area contributed by atoms with Crippen molar-refractivity contribution in [2.45, 2.75) is 33.7 Å². The lowest BCUT2D eigenvalue weighted by Gasteiger charge is -2.09. The summed E-state index contributed by atoms with van der Waals surface area (Å²) in [6.07, 6.45) is 0. The fourth-order valence-corrected chi connectivity index (χ4v) is 2.30. The van der Waals surface area contributed by atoms with Gasteiger partial charge >= 0.3 is 0 Å². The number of aryl methyl sites for hydroxylation is 2. The highest BCUT2D eigenvalue weighted by Crippen LogP contribution is 2.23. The van der Waals surface area contributed by atoms with Gasteiger partial charge in [0.25, 0.3) is 0 Å². The SMILES string of the molecule is CCN[C@H](C)c1sc(C)nc1C. The normalized spacial score (nSPS) is 13.3. The van der Waals surface area contributed by atoms with Crippen LogP contribution in [0.15, 0.2) is 0 Å². The van der Waals surface area contributed by atoms with Crippen LogP contribution in [0.2, 0.25) is 0 Å². The molecule has 1 aromatic heterocycles. The van der Waals surface area contributed by atoms with Crippen molar-refractivity contribution < 1.29 is 0 Å². The quantitative estimate of drug-likeness (QED) is 0.780. The average Bonchev–Trinajstić information content (AvgIpc) is 2.30. The first-order valence-electron chi connectivity index (χ1n) is 4.32. The van der Waals surface area contributed by atoms with Gasteiger partial charge in [-0.15, -0.1) is 11.3 Å². The minimum atomic E-state index is 0.446. The molecule has 1 atom stereocenters. The van der Waals surface area contributed by atoms with Gasteiger partial charge in [-0.1, -0.05) is 6.92 Å². The van der Waals surface area contributed by atoms with Gasteiger partial charge in [-0.3, -0.25) is 0 Å². The molecular formula is C9H16N2S. The van der Waals surface area contributed by atoms with Crippen LogP contribution in [0, 0.1) is 13.8 Å². The molecule has 0 amide bonds. The molecule has 1 aromatic rings. The van der Waals surface area contributed by atoms with Crippen LogP contribution in [-0.4, -0.2) is 11.5 Å². The summed E-state index contributed by atoms with van der Waals surface area (Å²) in [5.74, 6) is 0. The highest BCUT2D eigenvalue weighted by molar-refractivity contribution is 7.11. The smallest absolute Gasteiger partial charge is 0.0900 e. The van der Waals surface area contributed by atoms with Gasteiger partial charge in [-0.25, -0.2) is 4.98 Å². The third kappa shape index (κ3) is 2.05. The van der Waals surface area contributed by atoms with Gasteiger partial charge in [-0.05, 0) is 27.3 Å². The summed E-state index contributed by atoms with van der Waals surface area (Å²) in [7, 11) is 0. The van der Waals surface area contributed by atoms with E-state index in [0.717, 1.165) is 11.6 Å². The van der Waals surface area contributed by atoms with Gasteiger partial charge < -0.3 is 5.32 Å². The third-order valence-corrected chi connectivity index (χ3v) is 3.10. The summed E-state index contributed by atoms with van der Waals surface area (Å²) < 4.78 is 0. The Morgan fingerprint density at radius 3 is 2.58 bits per heavy atom. The van der Waals surface area contributed by atoms with E-state index in [2.05, 4.69) is 38.0 Å². The van der Waals surface area contributed by atoms with Crippen molar-refractivity contribution in [1.82, 2.24) is 10.3 Å². The van der Waals surface area contributed by atoms with E-state index in [0.29, 0.717) is 6.04 Å². The molecule has 1 N–H and O–H groups in total. The maximum absolute atomic E-state index is 4.39. The lowest BCUT2D eigenvalue weighted by atomic mass is 10.2. The van der Waals surface area contributed by atoms with E-state index in [4.69, 9.17) is 0 Å². The Morgan fingerprint density at radius 2 is 2.17 bits per heavy atom. The Balaban J connectivity index is 2.79. The van der Waals surface area contributed by atoms with Gasteiger partial charge in [0.15, 0.2) is 0 Å². The zero-order valence-electron chi connectivity index (χ0n) is 8.14. The van der Waals surface area contributed by atoms with Crippen molar-refractivity contribution in [3.8, 4) is 0 Å². The molecule has 0 bridgehead atoms. The number of thiazole rings is 1. The fourth-order valence-electron chi connectivity index (χ4n) is 1.35. The molecule has 0 spiro atoms. The maximum Gasteiger partial charge on any atom is 0.0900 e. The van der Waals surface area contributed by atoms with Gasteiger partial charge in [0.2, 0.25) is 0 Å². The summed E-state index contributed by atoms with van der Waals surface area (Å²) in [5.41, 5.74) is 1.17. The first-order valence-corrected chi connectivity index (χ1v) is 5.14. The van der Waals surface area contributed by atoms with Crippen molar-refractivity contribution in [2.75, 3.05) is 6.54 Å². The molecule has 0 aliphatic rings. The van der Waals surface area contributed by atoms with Crippen molar-refractivity contribution in [3.63, 3.8) is 0 Å². The fraction of sp³-hybridized carbons (Fsp3) is 0.667. The molecule has 0 saturated carbocycles. The van der Waals surface area contributed by atoms with Crippen LogP contribution in [0.5, 0.6) is 0 Å². The van der Waals surface area contributed by atoms with Crippen LogP contribution >= 0.6 is 11.3 Å². The minimum Gasteiger partial charge on any atom is -0.310 e. The Bertz CT molecular complexity index is 255. The number of hydrogen-bond acceptors (Lipinski definition) is 3. The first kappa shape index (κ1) is 9.68. The maximum atomic E-state index is 4.39. The Morgan fingerprint density at radius 1 is 1.50 bits per heavy atom. The van der Waals surface area contributed by atoms with E-state index in [1.807, 2.05) is 0 Å². The van der Waals surface area contributed by atoms with E-state index in [1.165, 1.54) is 10.6 Å². The molecule has 0 fully saturated rings. The Kier molecular flexibility index (Phi) is 3.23. The zero-order chi connectivity index (χ0) is 9.14. The average molecular weight is 184 g/mol. The second-order valence-electron chi connectivity index (χ2n) is 2.96. The van der Waals surface area contributed by atoms with Crippen molar-refractivity contribution in [1.29, 1.82) is 0 Å². The highest BCUT2D eigenvalue weighted by Gasteiger charge is 2.10. The topological polar surface area (TPSA) is 24.9 Å². The van der Waals surface area contributed by atoms with Crippen LogP contribution in [0.1, 0.15) is 35.5 Å². The molecule has 0 saturated heterocycles. The molecular weight excluding hydrogens is 168 g/mol. The predicted molar refractivity (Wildman–Crippen MR) is 53.7 cm³/mol. The molecule has 1 heterocycles. The van der Waals surface area contributed by atoms with Gasteiger partial charge in [-0.2, -0.15) is 0 Å². The molecule has 0 unspecified atom stereocenters. The predicted octanol–water partition coefficient (Wildman–Crippen LogP) is 2.43. The number of nitrogens with zero attached hydrogens (tertiary/aromatic N) is 1. The molecule has 12 heavy (non-hydrogen) atoms. The van der Waals surface area contributed by atoms with E-state index < -0.39 is 0 Å². The summed E-state index contributed by atoms with van der Waals surface area (Å²) in [5, 5.41) is 4.55. The molecule has 0 radical (unpaired) electrons. The lowest BCUT2D eigenvalue weighted by molar-refractivity contribution is 0.603. The minimum absolute atomic E-state index is 0.446. The largest absolute Gasteiger partial charge is 0.310 e.